The standard InChI is InChI=1S/C7H12N4O/c1-3-6(11-12)8-7-4-5(2)9-10-7/h4,12H,3H2,1-2H3,(H2,8,9,10,11). The minimum Gasteiger partial charge on any atom is -0.290 e. The molecule has 0 unspecified atom stereocenters. The molecular formula is C7H12N4O. The van der Waals surface area contributed by atoms with Crippen molar-refractivity contribution in [2.24, 2.45) is 4.99 Å². The van der Waals surface area contributed by atoms with Crippen LogP contribution in [0.15, 0.2) is 11.1 Å². The lowest BCUT2D eigenvalue weighted by atomic mass is 10.4. The highest BCUT2D eigenvalue weighted by atomic mass is 16.5. The lowest BCUT2D eigenvalue weighted by Gasteiger charge is -1.96. The van der Waals surface area contributed by atoms with Gasteiger partial charge < -0.3 is 0 Å². The van der Waals surface area contributed by atoms with Gasteiger partial charge in [0.1, 0.15) is 5.84 Å². The van der Waals surface area contributed by atoms with Crippen molar-refractivity contribution in [2.75, 3.05) is 0 Å². The number of aliphatic imine (C=N–C) groups is 1. The Labute approximate surface area is 70.5 Å². The predicted octanol–water partition coefficient (Wildman–Crippen LogP) is 1.14. The summed E-state index contributed by atoms with van der Waals surface area (Å²) < 4.78 is 0. The molecule has 1 rings (SSSR count). The zero-order valence-corrected chi connectivity index (χ0v) is 7.13. The van der Waals surface area contributed by atoms with Crippen LogP contribution in [0.1, 0.15) is 19.0 Å². The van der Waals surface area contributed by atoms with Gasteiger partial charge in [-0.15, -0.1) is 0 Å². The molecule has 0 fully saturated rings. The van der Waals surface area contributed by atoms with Crippen LogP contribution >= 0.6 is 0 Å². The van der Waals surface area contributed by atoms with Gasteiger partial charge in [-0.3, -0.25) is 15.8 Å². The molecule has 1 heterocycles. The van der Waals surface area contributed by atoms with Gasteiger partial charge in [0.15, 0.2) is 5.82 Å². The van der Waals surface area contributed by atoms with E-state index in [2.05, 4.69) is 15.2 Å². The summed E-state index contributed by atoms with van der Waals surface area (Å²) in [5, 5.41) is 15.2. The van der Waals surface area contributed by atoms with Gasteiger partial charge in [0, 0.05) is 18.2 Å². The third-order valence-electron chi connectivity index (χ3n) is 1.41. The Hall–Kier alpha value is -1.36. The van der Waals surface area contributed by atoms with Crippen LogP contribution in [0.2, 0.25) is 0 Å². The van der Waals surface area contributed by atoms with Gasteiger partial charge in [-0.05, 0) is 6.92 Å². The predicted molar refractivity (Wildman–Crippen MR) is 45.6 cm³/mol. The van der Waals surface area contributed by atoms with E-state index in [1.807, 2.05) is 19.3 Å². The summed E-state index contributed by atoms with van der Waals surface area (Å²) in [6, 6.07) is 1.80. The first-order valence-electron chi connectivity index (χ1n) is 3.76. The van der Waals surface area contributed by atoms with Crippen LogP contribution < -0.4 is 5.48 Å². The molecule has 0 aliphatic heterocycles. The van der Waals surface area contributed by atoms with Crippen molar-refractivity contribution >= 4 is 11.7 Å². The second-order valence-corrected chi connectivity index (χ2v) is 2.43. The molecule has 66 valence electrons. The number of nitrogens with zero attached hydrogens (tertiary/aromatic N) is 2. The number of amidine groups is 1. The molecule has 0 saturated carbocycles. The van der Waals surface area contributed by atoms with Crippen molar-refractivity contribution < 1.29 is 5.21 Å². The highest BCUT2D eigenvalue weighted by Crippen LogP contribution is 2.08. The third-order valence-corrected chi connectivity index (χ3v) is 1.41. The summed E-state index contributed by atoms with van der Waals surface area (Å²) in [5.41, 5.74) is 2.95. The lowest BCUT2D eigenvalue weighted by Crippen LogP contribution is -2.17. The highest BCUT2D eigenvalue weighted by molar-refractivity contribution is 5.82. The van der Waals surface area contributed by atoms with Crippen LogP contribution in [0.3, 0.4) is 0 Å². The van der Waals surface area contributed by atoms with Crippen LogP contribution in [-0.2, 0) is 0 Å². The van der Waals surface area contributed by atoms with Gasteiger partial charge in [0.2, 0.25) is 0 Å². The second-order valence-electron chi connectivity index (χ2n) is 2.43. The van der Waals surface area contributed by atoms with E-state index in [0.717, 1.165) is 5.69 Å². The Morgan fingerprint density at radius 1 is 1.83 bits per heavy atom. The number of H-pyrrole nitrogens is 1. The van der Waals surface area contributed by atoms with E-state index in [0.29, 0.717) is 18.1 Å². The monoisotopic (exact) mass is 168 g/mol. The summed E-state index contributed by atoms with van der Waals surface area (Å²) >= 11 is 0. The van der Waals surface area contributed by atoms with Crippen molar-refractivity contribution in [3.63, 3.8) is 0 Å². The average molecular weight is 168 g/mol. The molecule has 1 aromatic heterocycles. The quantitative estimate of drug-likeness (QED) is 0.352. The highest BCUT2D eigenvalue weighted by Gasteiger charge is 1.97. The van der Waals surface area contributed by atoms with Crippen molar-refractivity contribution in [1.29, 1.82) is 0 Å². The molecule has 0 amide bonds. The number of hydroxylamine groups is 1. The fourth-order valence-corrected chi connectivity index (χ4v) is 0.782. The van der Waals surface area contributed by atoms with E-state index < -0.39 is 0 Å². The molecule has 5 heteroatoms. The first kappa shape index (κ1) is 8.73. The summed E-state index contributed by atoms with van der Waals surface area (Å²) in [5.74, 6) is 1.08. The van der Waals surface area contributed by atoms with Crippen molar-refractivity contribution in [2.45, 2.75) is 20.3 Å². The Morgan fingerprint density at radius 2 is 2.58 bits per heavy atom. The Bertz CT molecular complexity index is 273. The molecule has 0 aromatic carbocycles. The van der Waals surface area contributed by atoms with E-state index in [-0.39, 0.29) is 0 Å². The van der Waals surface area contributed by atoms with E-state index in [4.69, 9.17) is 5.21 Å². The molecule has 0 radical (unpaired) electrons. The normalized spacial score (nSPS) is 11.8. The van der Waals surface area contributed by atoms with Crippen molar-refractivity contribution in [1.82, 2.24) is 15.7 Å². The molecule has 0 aliphatic carbocycles. The number of nitrogens with one attached hydrogen (secondary N) is 2. The summed E-state index contributed by atoms with van der Waals surface area (Å²) in [6.45, 7) is 3.78. The van der Waals surface area contributed by atoms with Crippen LogP contribution in [-0.4, -0.2) is 21.2 Å². The number of aromatic nitrogens is 2. The summed E-state index contributed by atoms with van der Waals surface area (Å²) in [7, 11) is 0. The van der Waals surface area contributed by atoms with Crippen LogP contribution in [0, 0.1) is 6.92 Å². The number of rotatable bonds is 2. The molecule has 3 N–H and O–H groups in total. The first-order chi connectivity index (χ1) is 5.76. The molecule has 0 spiro atoms. The number of aryl methyl sites for hydroxylation is 1. The van der Waals surface area contributed by atoms with Gasteiger partial charge in [-0.25, -0.2) is 4.99 Å². The van der Waals surface area contributed by atoms with Gasteiger partial charge in [-0.1, -0.05) is 6.92 Å². The van der Waals surface area contributed by atoms with E-state index in [1.165, 1.54) is 0 Å². The molecule has 0 atom stereocenters. The largest absolute Gasteiger partial charge is 0.290 e. The molecule has 12 heavy (non-hydrogen) atoms. The zero-order chi connectivity index (χ0) is 8.97. The Morgan fingerprint density at radius 3 is 3.00 bits per heavy atom. The average Bonchev–Trinajstić information content (AvgIpc) is 2.47. The minimum absolute atomic E-state index is 0.501. The Balaban J connectivity index is 2.78. The van der Waals surface area contributed by atoms with E-state index in [9.17, 15) is 0 Å². The van der Waals surface area contributed by atoms with Crippen molar-refractivity contribution in [3.05, 3.63) is 11.8 Å². The van der Waals surface area contributed by atoms with Crippen LogP contribution in [0.4, 0.5) is 5.82 Å². The first-order valence-corrected chi connectivity index (χ1v) is 3.76. The number of aromatic amines is 1. The van der Waals surface area contributed by atoms with E-state index in [1.54, 1.807) is 6.07 Å². The fourth-order valence-electron chi connectivity index (χ4n) is 0.782. The van der Waals surface area contributed by atoms with Gasteiger partial charge in [-0.2, -0.15) is 5.10 Å². The molecule has 0 bridgehead atoms. The number of hydrogen-bond donors (Lipinski definition) is 3. The Kier molecular flexibility index (Phi) is 2.82. The lowest BCUT2D eigenvalue weighted by molar-refractivity contribution is 0.232. The maximum absolute atomic E-state index is 8.58. The van der Waals surface area contributed by atoms with Gasteiger partial charge in [0.05, 0.1) is 0 Å². The van der Waals surface area contributed by atoms with Crippen LogP contribution in [0.5, 0.6) is 0 Å². The maximum atomic E-state index is 8.58. The molecule has 5 nitrogen and oxygen atoms in total. The van der Waals surface area contributed by atoms with Gasteiger partial charge >= 0.3 is 0 Å². The molecular weight excluding hydrogens is 156 g/mol. The molecule has 1 aromatic rings. The molecule has 0 saturated heterocycles. The second kappa shape index (κ2) is 3.87. The van der Waals surface area contributed by atoms with Crippen molar-refractivity contribution in [3.8, 4) is 0 Å². The summed E-state index contributed by atoms with van der Waals surface area (Å²) in [6.07, 6.45) is 0.641. The fraction of sp³-hybridized carbons (Fsp3) is 0.429. The maximum Gasteiger partial charge on any atom is 0.175 e. The molecule has 0 aliphatic rings. The van der Waals surface area contributed by atoms with E-state index >= 15 is 0 Å². The minimum atomic E-state index is 0.501. The topological polar surface area (TPSA) is 73.3 Å². The zero-order valence-electron chi connectivity index (χ0n) is 7.13. The van der Waals surface area contributed by atoms with Crippen LogP contribution in [0.25, 0.3) is 0 Å². The SMILES string of the molecule is CCC(=Nc1cc(C)[nH]n1)NO. The smallest absolute Gasteiger partial charge is 0.175 e. The summed E-state index contributed by atoms with van der Waals surface area (Å²) in [4.78, 5) is 4.03. The number of hydrogen-bond acceptors (Lipinski definition) is 3. The van der Waals surface area contributed by atoms with Gasteiger partial charge in [0.25, 0.3) is 0 Å². The third kappa shape index (κ3) is 2.06.